The molecule has 1 aliphatic carbocycles. The Morgan fingerprint density at radius 1 is 1.19 bits per heavy atom. The van der Waals surface area contributed by atoms with Gasteiger partial charge in [-0.15, -0.1) is 0 Å². The highest BCUT2D eigenvalue weighted by molar-refractivity contribution is 6.02. The van der Waals surface area contributed by atoms with Gasteiger partial charge in [0, 0.05) is 17.3 Å². The highest BCUT2D eigenvalue weighted by atomic mass is 16.2. The molecule has 1 amide bonds. The van der Waals surface area contributed by atoms with Crippen LogP contribution in [0.2, 0.25) is 0 Å². The summed E-state index contributed by atoms with van der Waals surface area (Å²) in [4.78, 5) is 27.3. The van der Waals surface area contributed by atoms with Crippen molar-refractivity contribution >= 4 is 11.7 Å². The summed E-state index contributed by atoms with van der Waals surface area (Å²) in [6.45, 7) is 9.67. The van der Waals surface area contributed by atoms with Crippen molar-refractivity contribution < 1.29 is 9.59 Å². The predicted octanol–water partition coefficient (Wildman–Crippen LogP) is 3.39. The number of amides is 1. The second-order valence-corrected chi connectivity index (χ2v) is 6.53. The lowest BCUT2D eigenvalue weighted by molar-refractivity contribution is 0.0885. The monoisotopic (exact) mass is 290 g/mol. The molecule has 4 nitrogen and oxygen atoms in total. The summed E-state index contributed by atoms with van der Waals surface area (Å²) in [5, 5.41) is 3.15. The summed E-state index contributed by atoms with van der Waals surface area (Å²) >= 11 is 0. The van der Waals surface area contributed by atoms with Crippen molar-refractivity contribution in [3.8, 4) is 0 Å². The van der Waals surface area contributed by atoms with Gasteiger partial charge in [0.15, 0.2) is 5.78 Å². The molecule has 116 valence electrons. The molecule has 3 atom stereocenters. The molecule has 0 saturated heterocycles. The first kappa shape index (κ1) is 15.8. The van der Waals surface area contributed by atoms with Crippen LogP contribution in [0.3, 0.4) is 0 Å². The number of aromatic nitrogens is 1. The molecule has 4 heteroatoms. The van der Waals surface area contributed by atoms with Crippen molar-refractivity contribution in [2.24, 2.45) is 11.8 Å². The average Bonchev–Trinajstić information content (AvgIpc) is 2.70. The number of hydrogen-bond donors (Lipinski definition) is 2. The molecule has 1 fully saturated rings. The largest absolute Gasteiger partial charge is 0.354 e. The normalized spacial score (nSPS) is 25.7. The van der Waals surface area contributed by atoms with E-state index in [1.165, 1.54) is 13.3 Å². The van der Waals surface area contributed by atoms with Crippen LogP contribution in [0.25, 0.3) is 0 Å². The summed E-state index contributed by atoms with van der Waals surface area (Å²) in [5.74, 6) is 1.05. The lowest BCUT2D eigenvalue weighted by Crippen LogP contribution is -2.44. The van der Waals surface area contributed by atoms with Gasteiger partial charge < -0.3 is 10.3 Å². The molecule has 0 bridgehead atoms. The maximum absolute atomic E-state index is 12.5. The maximum Gasteiger partial charge on any atom is 0.268 e. The van der Waals surface area contributed by atoms with Crippen LogP contribution in [0, 0.1) is 25.7 Å². The Morgan fingerprint density at radius 2 is 1.86 bits per heavy atom. The van der Waals surface area contributed by atoms with E-state index in [0.717, 1.165) is 24.1 Å². The van der Waals surface area contributed by atoms with Crippen molar-refractivity contribution in [3.05, 3.63) is 22.5 Å². The first-order valence-electron chi connectivity index (χ1n) is 7.83. The van der Waals surface area contributed by atoms with E-state index in [1.54, 1.807) is 0 Å². The van der Waals surface area contributed by atoms with Gasteiger partial charge in [-0.05, 0) is 44.6 Å². The quantitative estimate of drug-likeness (QED) is 0.838. The SMILES string of the molecule is CC(=O)c1c(C)[nH]c(C(=O)N[C@@H]2CCC[C@@H](C)[C@H]2C)c1C. The second kappa shape index (κ2) is 6.04. The molecule has 1 saturated carbocycles. The number of aromatic amines is 1. The molecule has 0 unspecified atom stereocenters. The van der Waals surface area contributed by atoms with Gasteiger partial charge in [0.1, 0.15) is 5.69 Å². The van der Waals surface area contributed by atoms with Crippen LogP contribution in [0.15, 0.2) is 0 Å². The van der Waals surface area contributed by atoms with Gasteiger partial charge in [-0.1, -0.05) is 26.7 Å². The van der Waals surface area contributed by atoms with Gasteiger partial charge in [0.05, 0.1) is 0 Å². The third-order valence-corrected chi connectivity index (χ3v) is 5.04. The number of nitrogens with one attached hydrogen (secondary N) is 2. The van der Waals surface area contributed by atoms with Gasteiger partial charge in [0.25, 0.3) is 5.91 Å². The minimum atomic E-state index is -0.0888. The van der Waals surface area contributed by atoms with Gasteiger partial charge in [-0.3, -0.25) is 9.59 Å². The van der Waals surface area contributed by atoms with Gasteiger partial charge in [0.2, 0.25) is 0 Å². The molecule has 21 heavy (non-hydrogen) atoms. The predicted molar refractivity (Wildman–Crippen MR) is 83.7 cm³/mol. The number of carbonyl (C=O) groups is 2. The molecule has 2 rings (SSSR count). The van der Waals surface area contributed by atoms with Crippen molar-refractivity contribution in [1.29, 1.82) is 0 Å². The van der Waals surface area contributed by atoms with Crippen molar-refractivity contribution in [2.45, 2.75) is 59.9 Å². The lowest BCUT2D eigenvalue weighted by Gasteiger charge is -2.34. The van der Waals surface area contributed by atoms with E-state index in [2.05, 4.69) is 24.1 Å². The van der Waals surface area contributed by atoms with Crippen LogP contribution in [0.4, 0.5) is 0 Å². The molecule has 1 aromatic rings. The first-order valence-corrected chi connectivity index (χ1v) is 7.83. The zero-order chi connectivity index (χ0) is 15.7. The topological polar surface area (TPSA) is 62.0 Å². The van der Waals surface area contributed by atoms with E-state index in [4.69, 9.17) is 0 Å². The van der Waals surface area contributed by atoms with Gasteiger partial charge in [-0.25, -0.2) is 0 Å². The number of rotatable bonds is 3. The lowest BCUT2D eigenvalue weighted by atomic mass is 9.78. The molecule has 2 N–H and O–H groups in total. The van der Waals surface area contributed by atoms with Crippen molar-refractivity contribution in [2.75, 3.05) is 0 Å². The van der Waals surface area contributed by atoms with Crippen LogP contribution in [0.1, 0.15) is 72.1 Å². The highest BCUT2D eigenvalue weighted by Gasteiger charge is 2.29. The van der Waals surface area contributed by atoms with Crippen molar-refractivity contribution in [1.82, 2.24) is 10.3 Å². The number of hydrogen-bond acceptors (Lipinski definition) is 2. The highest BCUT2D eigenvalue weighted by Crippen LogP contribution is 2.30. The second-order valence-electron chi connectivity index (χ2n) is 6.53. The number of carbonyl (C=O) groups excluding carboxylic acids is 2. The molecule has 0 radical (unpaired) electrons. The van der Waals surface area contributed by atoms with Crippen LogP contribution < -0.4 is 5.32 Å². The summed E-state index contributed by atoms with van der Waals surface area (Å²) in [6, 6.07) is 0.227. The molecule has 1 heterocycles. The molecular formula is C17H26N2O2. The van der Waals surface area contributed by atoms with Crippen molar-refractivity contribution in [3.63, 3.8) is 0 Å². The molecule has 0 spiro atoms. The Bertz CT molecular complexity index is 559. The fraction of sp³-hybridized carbons (Fsp3) is 0.647. The van der Waals surface area contributed by atoms with Crippen LogP contribution >= 0.6 is 0 Å². The Kier molecular flexibility index (Phi) is 4.55. The summed E-state index contributed by atoms with van der Waals surface area (Å²) < 4.78 is 0. The number of H-pyrrole nitrogens is 1. The molecule has 0 aliphatic heterocycles. The third kappa shape index (κ3) is 3.04. The fourth-order valence-electron chi connectivity index (χ4n) is 3.53. The fourth-order valence-corrected chi connectivity index (χ4v) is 3.53. The summed E-state index contributed by atoms with van der Waals surface area (Å²) in [7, 11) is 0. The number of aryl methyl sites for hydroxylation is 1. The number of ketones is 1. The van der Waals surface area contributed by atoms with Crippen LogP contribution in [-0.4, -0.2) is 22.7 Å². The van der Waals surface area contributed by atoms with E-state index in [9.17, 15) is 9.59 Å². The molecule has 1 aromatic heterocycles. The molecule has 0 aromatic carbocycles. The van der Waals surface area contributed by atoms with Gasteiger partial charge in [-0.2, -0.15) is 0 Å². The third-order valence-electron chi connectivity index (χ3n) is 5.04. The molecular weight excluding hydrogens is 264 g/mol. The van der Waals surface area contributed by atoms with E-state index >= 15 is 0 Å². The maximum atomic E-state index is 12.5. The van der Waals surface area contributed by atoms with E-state index in [0.29, 0.717) is 23.1 Å². The smallest absolute Gasteiger partial charge is 0.268 e. The Labute approximate surface area is 126 Å². The number of Topliss-reactive ketones (excluding diaryl/α,β-unsaturated/α-hetero) is 1. The summed E-state index contributed by atoms with van der Waals surface area (Å²) in [6.07, 6.45) is 3.44. The van der Waals surface area contributed by atoms with Gasteiger partial charge >= 0.3 is 0 Å². The zero-order valence-electron chi connectivity index (χ0n) is 13.7. The zero-order valence-corrected chi connectivity index (χ0v) is 13.7. The average molecular weight is 290 g/mol. The Balaban J connectivity index is 2.18. The minimum absolute atomic E-state index is 0.0000401. The van der Waals surface area contributed by atoms with Crippen LogP contribution in [0.5, 0.6) is 0 Å². The first-order chi connectivity index (χ1) is 9.82. The Hall–Kier alpha value is -1.58. The van der Waals surface area contributed by atoms with Crippen LogP contribution in [-0.2, 0) is 0 Å². The standard InChI is InChI=1S/C17H26N2O2/c1-9-7-6-8-14(10(9)2)19-17(21)16-11(3)15(13(5)20)12(4)18-16/h9-10,14,18H,6-8H2,1-5H3,(H,19,21)/t9-,10-,14-/m1/s1. The molecule has 1 aliphatic rings. The Morgan fingerprint density at radius 3 is 2.43 bits per heavy atom. The van der Waals surface area contributed by atoms with E-state index < -0.39 is 0 Å². The van der Waals surface area contributed by atoms with E-state index in [-0.39, 0.29) is 17.7 Å². The van der Waals surface area contributed by atoms with E-state index in [1.807, 2.05) is 13.8 Å². The minimum Gasteiger partial charge on any atom is -0.354 e. The summed E-state index contributed by atoms with van der Waals surface area (Å²) in [5.41, 5.74) is 2.71.